The number of hydrogen-bond donors (Lipinski definition) is 3. The molecule has 120 valence electrons. The van der Waals surface area contributed by atoms with Crippen molar-refractivity contribution >= 4 is 11.8 Å². The Labute approximate surface area is 129 Å². The maximum Gasteiger partial charge on any atom is 0.320 e. The molecule has 7 heteroatoms. The van der Waals surface area contributed by atoms with Crippen molar-refractivity contribution < 1.29 is 13.7 Å². The first-order valence-electron chi connectivity index (χ1n) is 7.16. The van der Waals surface area contributed by atoms with Crippen molar-refractivity contribution in [2.24, 2.45) is 11.7 Å². The van der Waals surface area contributed by atoms with Crippen molar-refractivity contribution in [1.29, 1.82) is 0 Å². The Kier molecular flexibility index (Phi) is 4.56. The Balaban J connectivity index is 2.04. The molecule has 0 aliphatic heterocycles. The van der Waals surface area contributed by atoms with Gasteiger partial charge in [-0.25, -0.2) is 4.79 Å². The summed E-state index contributed by atoms with van der Waals surface area (Å²) in [7, 11) is 0. The molecule has 0 fully saturated rings. The van der Waals surface area contributed by atoms with Crippen LogP contribution < -0.4 is 16.4 Å². The molecule has 2 heterocycles. The topological polar surface area (TPSA) is 106 Å². The van der Waals surface area contributed by atoms with E-state index in [1.54, 1.807) is 18.4 Å². The molecule has 2 rings (SSSR count). The zero-order chi connectivity index (χ0) is 16.3. The molecule has 0 bridgehead atoms. The standard InChI is InChI=1S/C15H22N4O3/c1-9(2)15(4,8-16)18-14(20)17-13-7-12(22-19-13)11-5-6-21-10(11)3/h5-7,9H,8,16H2,1-4H3,(H2,17,18,19,20). The highest BCUT2D eigenvalue weighted by molar-refractivity contribution is 5.89. The minimum absolute atomic E-state index is 0.199. The first kappa shape index (κ1) is 16.1. The van der Waals surface area contributed by atoms with E-state index in [-0.39, 0.29) is 11.9 Å². The zero-order valence-electron chi connectivity index (χ0n) is 13.3. The number of hydrogen-bond acceptors (Lipinski definition) is 5. The van der Waals surface area contributed by atoms with E-state index in [1.807, 2.05) is 27.7 Å². The normalized spacial score (nSPS) is 13.9. The predicted octanol–water partition coefficient (Wildman–Crippen LogP) is 2.74. The average molecular weight is 306 g/mol. The molecule has 0 aliphatic carbocycles. The largest absolute Gasteiger partial charge is 0.469 e. The van der Waals surface area contributed by atoms with Gasteiger partial charge in [-0.1, -0.05) is 19.0 Å². The summed E-state index contributed by atoms with van der Waals surface area (Å²) in [4.78, 5) is 12.1. The van der Waals surface area contributed by atoms with E-state index in [4.69, 9.17) is 14.7 Å². The van der Waals surface area contributed by atoms with Crippen molar-refractivity contribution in [3.63, 3.8) is 0 Å². The van der Waals surface area contributed by atoms with Crippen LogP contribution in [0.2, 0.25) is 0 Å². The summed E-state index contributed by atoms with van der Waals surface area (Å²) >= 11 is 0. The smallest absolute Gasteiger partial charge is 0.320 e. The SMILES string of the molecule is Cc1occc1-c1cc(NC(=O)NC(C)(CN)C(C)C)no1. The highest BCUT2D eigenvalue weighted by atomic mass is 16.5. The van der Waals surface area contributed by atoms with E-state index in [0.717, 1.165) is 11.3 Å². The van der Waals surface area contributed by atoms with Crippen LogP contribution in [0.5, 0.6) is 0 Å². The molecule has 0 spiro atoms. The van der Waals surface area contributed by atoms with Gasteiger partial charge in [0.15, 0.2) is 11.6 Å². The molecule has 0 saturated carbocycles. The molecule has 2 amide bonds. The van der Waals surface area contributed by atoms with Gasteiger partial charge in [0, 0.05) is 12.6 Å². The maximum atomic E-state index is 12.1. The van der Waals surface area contributed by atoms with Gasteiger partial charge in [0.2, 0.25) is 0 Å². The van der Waals surface area contributed by atoms with Crippen LogP contribution in [0.25, 0.3) is 11.3 Å². The van der Waals surface area contributed by atoms with Crippen LogP contribution in [-0.4, -0.2) is 23.3 Å². The summed E-state index contributed by atoms with van der Waals surface area (Å²) in [6.07, 6.45) is 1.57. The number of carbonyl (C=O) groups excluding carboxylic acids is 1. The third-order valence-electron chi connectivity index (χ3n) is 3.97. The molecule has 1 unspecified atom stereocenters. The van der Waals surface area contributed by atoms with Crippen LogP contribution in [0.3, 0.4) is 0 Å². The Morgan fingerprint density at radius 2 is 2.23 bits per heavy atom. The number of urea groups is 1. The maximum absolute atomic E-state index is 12.1. The van der Waals surface area contributed by atoms with Crippen molar-refractivity contribution in [2.75, 3.05) is 11.9 Å². The number of nitrogens with one attached hydrogen (secondary N) is 2. The zero-order valence-corrected chi connectivity index (χ0v) is 13.3. The number of aromatic nitrogens is 1. The lowest BCUT2D eigenvalue weighted by atomic mass is 9.89. The molecule has 2 aromatic heterocycles. The van der Waals surface area contributed by atoms with Crippen LogP contribution in [0.15, 0.2) is 27.3 Å². The lowest BCUT2D eigenvalue weighted by Crippen LogP contribution is -2.56. The van der Waals surface area contributed by atoms with Gasteiger partial charge < -0.3 is 20.0 Å². The van der Waals surface area contributed by atoms with Crippen molar-refractivity contribution in [3.8, 4) is 11.3 Å². The minimum atomic E-state index is -0.488. The van der Waals surface area contributed by atoms with Crippen LogP contribution in [0.1, 0.15) is 26.5 Å². The van der Waals surface area contributed by atoms with E-state index in [1.165, 1.54) is 0 Å². The first-order chi connectivity index (χ1) is 10.4. The number of furan rings is 1. The van der Waals surface area contributed by atoms with Crippen LogP contribution in [0.4, 0.5) is 10.6 Å². The molecule has 0 saturated heterocycles. The molecule has 0 aromatic carbocycles. The predicted molar refractivity (Wildman–Crippen MR) is 83.4 cm³/mol. The van der Waals surface area contributed by atoms with Crippen LogP contribution in [0, 0.1) is 12.8 Å². The quantitative estimate of drug-likeness (QED) is 0.787. The number of amides is 2. The molecular formula is C15H22N4O3. The monoisotopic (exact) mass is 306 g/mol. The summed E-state index contributed by atoms with van der Waals surface area (Å²) in [5.41, 5.74) is 6.06. The molecule has 0 aliphatic rings. The summed E-state index contributed by atoms with van der Waals surface area (Å²) < 4.78 is 10.4. The van der Waals surface area contributed by atoms with E-state index >= 15 is 0 Å². The van der Waals surface area contributed by atoms with Crippen molar-refractivity contribution in [1.82, 2.24) is 10.5 Å². The Morgan fingerprint density at radius 3 is 2.77 bits per heavy atom. The molecule has 1 atom stereocenters. The van der Waals surface area contributed by atoms with Gasteiger partial charge in [-0.05, 0) is 25.8 Å². The van der Waals surface area contributed by atoms with Gasteiger partial charge in [-0.3, -0.25) is 5.32 Å². The van der Waals surface area contributed by atoms with E-state index in [0.29, 0.717) is 18.1 Å². The third-order valence-corrected chi connectivity index (χ3v) is 3.97. The summed E-state index contributed by atoms with van der Waals surface area (Å²) in [5, 5.41) is 9.35. The number of nitrogens with two attached hydrogens (primary N) is 1. The number of nitrogens with zero attached hydrogens (tertiary/aromatic N) is 1. The Morgan fingerprint density at radius 1 is 1.50 bits per heavy atom. The van der Waals surface area contributed by atoms with Gasteiger partial charge in [0.1, 0.15) is 5.76 Å². The molecule has 7 nitrogen and oxygen atoms in total. The third kappa shape index (κ3) is 3.30. The first-order valence-corrected chi connectivity index (χ1v) is 7.16. The van der Waals surface area contributed by atoms with Crippen LogP contribution in [-0.2, 0) is 0 Å². The summed E-state index contributed by atoms with van der Waals surface area (Å²) in [5.74, 6) is 1.79. The number of anilines is 1. The number of rotatable bonds is 5. The lowest BCUT2D eigenvalue weighted by molar-refractivity contribution is 0.224. The van der Waals surface area contributed by atoms with E-state index < -0.39 is 5.54 Å². The highest BCUT2D eigenvalue weighted by Gasteiger charge is 2.28. The second-order valence-corrected chi connectivity index (χ2v) is 5.82. The second-order valence-electron chi connectivity index (χ2n) is 5.82. The van der Waals surface area contributed by atoms with Crippen LogP contribution >= 0.6 is 0 Å². The number of aryl methyl sites for hydroxylation is 1. The lowest BCUT2D eigenvalue weighted by Gasteiger charge is -2.33. The Hall–Kier alpha value is -2.28. The van der Waals surface area contributed by atoms with Crippen molar-refractivity contribution in [3.05, 3.63) is 24.2 Å². The van der Waals surface area contributed by atoms with Crippen molar-refractivity contribution in [2.45, 2.75) is 33.2 Å². The van der Waals surface area contributed by atoms with Gasteiger partial charge in [-0.2, -0.15) is 0 Å². The fourth-order valence-corrected chi connectivity index (χ4v) is 1.94. The van der Waals surface area contributed by atoms with E-state index in [9.17, 15) is 4.79 Å². The summed E-state index contributed by atoms with van der Waals surface area (Å²) in [6, 6.07) is 3.06. The Bertz CT molecular complexity index is 647. The number of carbonyl (C=O) groups is 1. The highest BCUT2D eigenvalue weighted by Crippen LogP contribution is 2.26. The summed E-state index contributed by atoms with van der Waals surface area (Å²) in [6.45, 7) is 8.08. The fraction of sp³-hybridized carbons (Fsp3) is 0.467. The second kappa shape index (κ2) is 6.23. The minimum Gasteiger partial charge on any atom is -0.469 e. The molecule has 4 N–H and O–H groups in total. The van der Waals surface area contributed by atoms with Gasteiger partial charge >= 0.3 is 6.03 Å². The van der Waals surface area contributed by atoms with Gasteiger partial charge in [0.05, 0.1) is 17.4 Å². The molecule has 0 radical (unpaired) electrons. The molecule has 2 aromatic rings. The molecular weight excluding hydrogens is 284 g/mol. The van der Waals surface area contributed by atoms with Gasteiger partial charge in [-0.15, -0.1) is 0 Å². The average Bonchev–Trinajstić information content (AvgIpc) is 3.06. The molecule has 22 heavy (non-hydrogen) atoms. The van der Waals surface area contributed by atoms with Gasteiger partial charge in [0.25, 0.3) is 0 Å². The van der Waals surface area contributed by atoms with E-state index in [2.05, 4.69) is 15.8 Å². The fourth-order valence-electron chi connectivity index (χ4n) is 1.94.